The van der Waals surface area contributed by atoms with Gasteiger partial charge in [-0.3, -0.25) is 4.40 Å². The summed E-state index contributed by atoms with van der Waals surface area (Å²) in [6.07, 6.45) is 0. The maximum absolute atomic E-state index is 5.32. The van der Waals surface area contributed by atoms with Gasteiger partial charge in [-0.05, 0) is 40.1 Å². The number of hydrogen-bond acceptors (Lipinski definition) is 1. The van der Waals surface area contributed by atoms with Crippen molar-refractivity contribution < 1.29 is 0 Å². The summed E-state index contributed by atoms with van der Waals surface area (Å²) in [5, 5.41) is 7.32. The van der Waals surface area contributed by atoms with Crippen molar-refractivity contribution in [3.8, 4) is 22.4 Å². The summed E-state index contributed by atoms with van der Waals surface area (Å²) in [5.74, 6) is 0. The minimum Gasteiger partial charge on any atom is -0.293 e. The van der Waals surface area contributed by atoms with Crippen LogP contribution in [0.15, 0.2) is 133 Å². The van der Waals surface area contributed by atoms with E-state index in [1.54, 1.807) is 0 Å². The van der Waals surface area contributed by atoms with E-state index in [4.69, 9.17) is 4.98 Å². The molecular formula is C35H22N2. The third-order valence-corrected chi connectivity index (χ3v) is 7.52. The molecule has 8 aromatic rings. The number of pyridine rings is 2. The van der Waals surface area contributed by atoms with Crippen LogP contribution in [0.2, 0.25) is 0 Å². The Hall–Kier alpha value is -4.95. The summed E-state index contributed by atoms with van der Waals surface area (Å²) >= 11 is 0. The van der Waals surface area contributed by atoms with Gasteiger partial charge in [-0.15, -0.1) is 0 Å². The van der Waals surface area contributed by atoms with E-state index in [0.717, 1.165) is 22.2 Å². The van der Waals surface area contributed by atoms with E-state index in [2.05, 4.69) is 138 Å². The van der Waals surface area contributed by atoms with Crippen molar-refractivity contribution in [3.05, 3.63) is 133 Å². The Morgan fingerprint density at radius 3 is 1.97 bits per heavy atom. The molecule has 5 aromatic carbocycles. The van der Waals surface area contributed by atoms with Crippen LogP contribution in [0, 0.1) is 0 Å². The highest BCUT2D eigenvalue weighted by atomic mass is 15.0. The third kappa shape index (κ3) is 2.96. The monoisotopic (exact) mass is 470 g/mol. The molecule has 0 unspecified atom stereocenters. The molecule has 2 heteroatoms. The van der Waals surface area contributed by atoms with Gasteiger partial charge in [0.15, 0.2) is 0 Å². The lowest BCUT2D eigenvalue weighted by atomic mass is 9.96. The summed E-state index contributed by atoms with van der Waals surface area (Å²) in [4.78, 5) is 5.32. The second kappa shape index (κ2) is 7.78. The summed E-state index contributed by atoms with van der Waals surface area (Å²) < 4.78 is 2.39. The first-order valence-electron chi connectivity index (χ1n) is 12.7. The van der Waals surface area contributed by atoms with Crippen molar-refractivity contribution in [3.63, 3.8) is 0 Å². The SMILES string of the molecule is c1ccc(-c2cc(-c3ccccc3)n3c4nc5ccccc5cc4c4c5ccccc5ccc4c23)cc1. The Bertz CT molecular complexity index is 2070. The van der Waals surface area contributed by atoms with E-state index < -0.39 is 0 Å². The summed E-state index contributed by atoms with van der Waals surface area (Å²) in [6, 6.07) is 47.7. The summed E-state index contributed by atoms with van der Waals surface area (Å²) in [6.45, 7) is 0. The molecule has 3 heterocycles. The van der Waals surface area contributed by atoms with Gasteiger partial charge in [0.1, 0.15) is 5.65 Å². The summed E-state index contributed by atoms with van der Waals surface area (Å²) in [5.41, 5.74) is 7.94. The molecule has 0 saturated heterocycles. The topological polar surface area (TPSA) is 17.3 Å². The lowest BCUT2D eigenvalue weighted by Gasteiger charge is -2.15. The minimum atomic E-state index is 0.985. The quantitative estimate of drug-likeness (QED) is 0.182. The van der Waals surface area contributed by atoms with Crippen molar-refractivity contribution in [2.75, 3.05) is 0 Å². The predicted molar refractivity (Wildman–Crippen MR) is 156 cm³/mol. The van der Waals surface area contributed by atoms with Gasteiger partial charge < -0.3 is 0 Å². The van der Waals surface area contributed by atoms with E-state index in [-0.39, 0.29) is 0 Å². The van der Waals surface area contributed by atoms with Crippen LogP contribution in [0.1, 0.15) is 0 Å². The molecule has 0 radical (unpaired) electrons. The van der Waals surface area contributed by atoms with Crippen LogP contribution in [0.5, 0.6) is 0 Å². The maximum Gasteiger partial charge on any atom is 0.146 e. The van der Waals surface area contributed by atoms with Crippen molar-refractivity contribution in [1.82, 2.24) is 9.38 Å². The molecule has 0 amide bonds. The van der Waals surface area contributed by atoms with E-state index in [1.165, 1.54) is 49.1 Å². The Morgan fingerprint density at radius 1 is 0.486 bits per heavy atom. The molecule has 2 nitrogen and oxygen atoms in total. The molecule has 0 fully saturated rings. The van der Waals surface area contributed by atoms with Gasteiger partial charge in [0.2, 0.25) is 0 Å². The normalized spacial score (nSPS) is 11.8. The Balaban J connectivity index is 1.70. The molecule has 0 aliphatic carbocycles. The minimum absolute atomic E-state index is 0.985. The number of rotatable bonds is 2. The molecule has 8 rings (SSSR count). The van der Waals surface area contributed by atoms with Crippen molar-refractivity contribution in [1.29, 1.82) is 0 Å². The summed E-state index contributed by atoms with van der Waals surface area (Å²) in [7, 11) is 0. The fraction of sp³-hybridized carbons (Fsp3) is 0. The fourth-order valence-electron chi connectivity index (χ4n) is 5.87. The fourth-order valence-corrected chi connectivity index (χ4v) is 5.87. The number of hydrogen-bond donors (Lipinski definition) is 0. The first-order valence-corrected chi connectivity index (χ1v) is 12.7. The Kier molecular flexibility index (Phi) is 4.26. The number of aromatic nitrogens is 2. The van der Waals surface area contributed by atoms with E-state index >= 15 is 0 Å². The molecule has 0 bridgehead atoms. The van der Waals surface area contributed by atoms with Crippen LogP contribution in [-0.2, 0) is 0 Å². The van der Waals surface area contributed by atoms with E-state index in [1.807, 2.05) is 0 Å². The molecule has 3 aromatic heterocycles. The van der Waals surface area contributed by atoms with Gasteiger partial charge in [0.05, 0.1) is 16.7 Å². The van der Waals surface area contributed by atoms with Gasteiger partial charge >= 0.3 is 0 Å². The first kappa shape index (κ1) is 20.3. The zero-order valence-corrected chi connectivity index (χ0v) is 20.1. The Labute approximate surface area is 214 Å². The van der Waals surface area contributed by atoms with Crippen molar-refractivity contribution >= 4 is 49.0 Å². The first-order chi connectivity index (χ1) is 18.4. The van der Waals surface area contributed by atoms with Gasteiger partial charge in [-0.1, -0.05) is 115 Å². The highest BCUT2D eigenvalue weighted by Gasteiger charge is 2.21. The third-order valence-electron chi connectivity index (χ3n) is 7.52. The lowest BCUT2D eigenvalue weighted by molar-refractivity contribution is 1.23. The van der Waals surface area contributed by atoms with Crippen LogP contribution in [0.25, 0.3) is 71.4 Å². The Morgan fingerprint density at radius 2 is 1.16 bits per heavy atom. The molecule has 0 spiro atoms. The lowest BCUT2D eigenvalue weighted by Crippen LogP contribution is -1.97. The number of para-hydroxylation sites is 1. The van der Waals surface area contributed by atoms with Gasteiger partial charge in [-0.25, -0.2) is 4.98 Å². The van der Waals surface area contributed by atoms with E-state index in [0.29, 0.717) is 0 Å². The van der Waals surface area contributed by atoms with Crippen LogP contribution >= 0.6 is 0 Å². The highest BCUT2D eigenvalue weighted by molar-refractivity contribution is 6.26. The number of benzene rings is 5. The standard InChI is InChI=1S/C35H22N2/c1-3-11-23(12-4-1)29-22-32(25-14-5-2-6-15-25)37-34(29)28-20-19-24-13-7-9-17-27(24)33(28)30-21-26-16-8-10-18-31(26)36-35(30)37/h1-22H. The largest absolute Gasteiger partial charge is 0.293 e. The second-order valence-corrected chi connectivity index (χ2v) is 9.62. The van der Waals surface area contributed by atoms with Crippen LogP contribution in [-0.4, -0.2) is 9.38 Å². The van der Waals surface area contributed by atoms with Crippen LogP contribution in [0.4, 0.5) is 0 Å². The maximum atomic E-state index is 5.32. The van der Waals surface area contributed by atoms with Gasteiger partial charge in [-0.2, -0.15) is 0 Å². The predicted octanol–water partition coefficient (Wildman–Crippen LogP) is 9.28. The van der Waals surface area contributed by atoms with Crippen LogP contribution < -0.4 is 0 Å². The second-order valence-electron chi connectivity index (χ2n) is 9.62. The molecule has 0 N–H and O–H groups in total. The molecular weight excluding hydrogens is 448 g/mol. The van der Waals surface area contributed by atoms with Crippen molar-refractivity contribution in [2.45, 2.75) is 0 Å². The number of fused-ring (bicyclic) bond motifs is 9. The average Bonchev–Trinajstić information content (AvgIpc) is 3.38. The zero-order valence-electron chi connectivity index (χ0n) is 20.1. The molecule has 37 heavy (non-hydrogen) atoms. The molecule has 0 saturated carbocycles. The highest BCUT2D eigenvalue weighted by Crippen LogP contribution is 2.43. The molecule has 0 aliphatic rings. The molecule has 172 valence electrons. The van der Waals surface area contributed by atoms with Gasteiger partial charge in [0.25, 0.3) is 0 Å². The van der Waals surface area contributed by atoms with Crippen molar-refractivity contribution in [2.24, 2.45) is 0 Å². The molecule has 0 aliphatic heterocycles. The average molecular weight is 471 g/mol. The van der Waals surface area contributed by atoms with Gasteiger partial charge in [0, 0.05) is 27.1 Å². The molecule has 0 atom stereocenters. The smallest absolute Gasteiger partial charge is 0.146 e. The zero-order chi connectivity index (χ0) is 24.3. The van der Waals surface area contributed by atoms with Crippen LogP contribution in [0.3, 0.4) is 0 Å². The van der Waals surface area contributed by atoms with E-state index in [9.17, 15) is 0 Å². The number of nitrogens with zero attached hydrogens (tertiary/aromatic N) is 2.